The predicted molar refractivity (Wildman–Crippen MR) is 71.0 cm³/mol. The smallest absolute Gasteiger partial charge is 0.335 e. The SMILES string of the molecule is CCCCCCNc1ccc(C(=O)O)cc1Cl. The second-order valence-electron chi connectivity index (χ2n) is 3.99. The number of rotatable bonds is 7. The van der Waals surface area contributed by atoms with Gasteiger partial charge >= 0.3 is 5.97 Å². The summed E-state index contributed by atoms with van der Waals surface area (Å²) in [5.74, 6) is -0.957. The lowest BCUT2D eigenvalue weighted by molar-refractivity contribution is 0.0697. The normalized spacial score (nSPS) is 10.2. The molecule has 1 rings (SSSR count). The quantitative estimate of drug-likeness (QED) is 0.723. The Balaban J connectivity index is 2.46. The molecule has 0 unspecified atom stereocenters. The maximum atomic E-state index is 10.7. The molecule has 0 spiro atoms. The number of carbonyl (C=O) groups is 1. The van der Waals surface area contributed by atoms with Crippen molar-refractivity contribution in [2.75, 3.05) is 11.9 Å². The van der Waals surface area contributed by atoms with Crippen LogP contribution in [0, 0.1) is 0 Å². The van der Waals surface area contributed by atoms with Crippen molar-refractivity contribution in [3.8, 4) is 0 Å². The second kappa shape index (κ2) is 7.17. The van der Waals surface area contributed by atoms with Crippen molar-refractivity contribution in [3.05, 3.63) is 28.8 Å². The van der Waals surface area contributed by atoms with E-state index in [-0.39, 0.29) is 5.56 Å². The van der Waals surface area contributed by atoms with Crippen LogP contribution in [-0.2, 0) is 0 Å². The molecule has 4 heteroatoms. The third-order valence-electron chi connectivity index (χ3n) is 2.56. The van der Waals surface area contributed by atoms with Crippen LogP contribution in [0.3, 0.4) is 0 Å². The summed E-state index contributed by atoms with van der Waals surface area (Å²) in [6.07, 6.45) is 4.76. The number of hydrogen-bond acceptors (Lipinski definition) is 2. The van der Waals surface area contributed by atoms with Crippen molar-refractivity contribution < 1.29 is 9.90 Å². The molecule has 0 amide bonds. The molecule has 0 aromatic heterocycles. The Labute approximate surface area is 107 Å². The molecule has 0 fully saturated rings. The molecule has 0 heterocycles. The van der Waals surface area contributed by atoms with Gasteiger partial charge in [-0.3, -0.25) is 0 Å². The van der Waals surface area contributed by atoms with Crippen molar-refractivity contribution >= 4 is 23.3 Å². The lowest BCUT2D eigenvalue weighted by atomic mass is 10.2. The monoisotopic (exact) mass is 255 g/mol. The lowest BCUT2D eigenvalue weighted by Gasteiger charge is -2.08. The summed E-state index contributed by atoms with van der Waals surface area (Å²) >= 11 is 5.99. The molecule has 2 N–H and O–H groups in total. The molecule has 0 aliphatic rings. The zero-order valence-electron chi connectivity index (χ0n) is 10.0. The molecule has 0 saturated carbocycles. The van der Waals surface area contributed by atoms with E-state index in [4.69, 9.17) is 16.7 Å². The van der Waals surface area contributed by atoms with Crippen molar-refractivity contribution in [1.29, 1.82) is 0 Å². The summed E-state index contributed by atoms with van der Waals surface area (Å²) in [5.41, 5.74) is 1.01. The third-order valence-corrected chi connectivity index (χ3v) is 2.87. The highest BCUT2D eigenvalue weighted by Gasteiger charge is 2.06. The van der Waals surface area contributed by atoms with Gasteiger partial charge in [-0.2, -0.15) is 0 Å². The van der Waals surface area contributed by atoms with Gasteiger partial charge < -0.3 is 10.4 Å². The number of halogens is 1. The fourth-order valence-electron chi connectivity index (χ4n) is 1.57. The van der Waals surface area contributed by atoms with Gasteiger partial charge in [0.05, 0.1) is 16.3 Å². The molecule has 0 atom stereocenters. The van der Waals surface area contributed by atoms with Gasteiger partial charge in [0.25, 0.3) is 0 Å². The minimum absolute atomic E-state index is 0.214. The van der Waals surface area contributed by atoms with Crippen LogP contribution in [0.1, 0.15) is 43.0 Å². The van der Waals surface area contributed by atoms with Crippen LogP contribution in [0.2, 0.25) is 5.02 Å². The molecule has 0 saturated heterocycles. The zero-order valence-corrected chi connectivity index (χ0v) is 10.8. The first-order chi connectivity index (χ1) is 8.15. The average molecular weight is 256 g/mol. The van der Waals surface area contributed by atoms with Gasteiger partial charge in [-0.25, -0.2) is 4.79 Å². The molecule has 0 bridgehead atoms. The molecule has 17 heavy (non-hydrogen) atoms. The minimum atomic E-state index is -0.957. The molecule has 1 aromatic carbocycles. The summed E-state index contributed by atoms with van der Waals surface area (Å²) in [6, 6.07) is 4.74. The largest absolute Gasteiger partial charge is 0.478 e. The fraction of sp³-hybridized carbons (Fsp3) is 0.462. The van der Waals surface area contributed by atoms with Crippen LogP contribution in [0.5, 0.6) is 0 Å². The summed E-state index contributed by atoms with van der Waals surface area (Å²) in [4.78, 5) is 10.7. The lowest BCUT2D eigenvalue weighted by Crippen LogP contribution is -2.03. The average Bonchev–Trinajstić information content (AvgIpc) is 2.30. The van der Waals surface area contributed by atoms with E-state index >= 15 is 0 Å². The van der Waals surface area contributed by atoms with Crippen LogP contribution >= 0.6 is 11.6 Å². The highest BCUT2D eigenvalue weighted by Crippen LogP contribution is 2.23. The topological polar surface area (TPSA) is 49.3 Å². The zero-order chi connectivity index (χ0) is 12.7. The first kappa shape index (κ1) is 13.8. The molecular weight excluding hydrogens is 238 g/mol. The first-order valence-electron chi connectivity index (χ1n) is 5.92. The Morgan fingerprint density at radius 2 is 2.12 bits per heavy atom. The first-order valence-corrected chi connectivity index (χ1v) is 6.29. The van der Waals surface area contributed by atoms with E-state index in [0.717, 1.165) is 18.7 Å². The van der Waals surface area contributed by atoms with E-state index in [1.807, 2.05) is 0 Å². The van der Waals surface area contributed by atoms with E-state index in [0.29, 0.717) is 5.02 Å². The molecule has 94 valence electrons. The Hall–Kier alpha value is -1.22. The number of anilines is 1. The van der Waals surface area contributed by atoms with Gasteiger partial charge in [-0.05, 0) is 24.6 Å². The van der Waals surface area contributed by atoms with Crippen LogP contribution in [0.25, 0.3) is 0 Å². The Bertz CT molecular complexity index is 380. The molecule has 0 aliphatic heterocycles. The standard InChI is InChI=1S/C13H18ClNO2/c1-2-3-4-5-8-15-12-7-6-10(13(16)17)9-11(12)14/h6-7,9,15H,2-5,8H2,1H3,(H,16,17). The number of carboxylic acid groups (broad SMARTS) is 1. The van der Waals surface area contributed by atoms with Gasteiger partial charge in [0.15, 0.2) is 0 Å². The maximum absolute atomic E-state index is 10.7. The van der Waals surface area contributed by atoms with E-state index in [1.54, 1.807) is 12.1 Å². The van der Waals surface area contributed by atoms with Gasteiger partial charge in [-0.15, -0.1) is 0 Å². The number of unbranched alkanes of at least 4 members (excludes halogenated alkanes) is 3. The van der Waals surface area contributed by atoms with Crippen LogP contribution in [0.15, 0.2) is 18.2 Å². The molecule has 0 radical (unpaired) electrons. The summed E-state index contributed by atoms with van der Waals surface area (Å²) < 4.78 is 0. The van der Waals surface area contributed by atoms with E-state index in [9.17, 15) is 4.79 Å². The number of nitrogens with one attached hydrogen (secondary N) is 1. The predicted octanol–water partition coefficient (Wildman–Crippen LogP) is 4.03. The van der Waals surface area contributed by atoms with Crippen molar-refractivity contribution in [3.63, 3.8) is 0 Å². The Morgan fingerprint density at radius 1 is 1.35 bits per heavy atom. The van der Waals surface area contributed by atoms with E-state index in [2.05, 4.69) is 12.2 Å². The van der Waals surface area contributed by atoms with Crippen molar-refractivity contribution in [2.24, 2.45) is 0 Å². The van der Waals surface area contributed by atoms with Gasteiger partial charge in [0.2, 0.25) is 0 Å². The molecule has 3 nitrogen and oxygen atoms in total. The van der Waals surface area contributed by atoms with E-state index < -0.39 is 5.97 Å². The fourth-order valence-corrected chi connectivity index (χ4v) is 1.81. The molecular formula is C13H18ClNO2. The van der Waals surface area contributed by atoms with Crippen LogP contribution in [-0.4, -0.2) is 17.6 Å². The highest BCUT2D eigenvalue weighted by atomic mass is 35.5. The maximum Gasteiger partial charge on any atom is 0.335 e. The van der Waals surface area contributed by atoms with Gasteiger partial charge in [-0.1, -0.05) is 37.8 Å². The molecule has 0 aliphatic carbocycles. The highest BCUT2D eigenvalue weighted by molar-refractivity contribution is 6.33. The third kappa shape index (κ3) is 4.65. The van der Waals surface area contributed by atoms with Crippen molar-refractivity contribution in [1.82, 2.24) is 0 Å². The van der Waals surface area contributed by atoms with Crippen molar-refractivity contribution in [2.45, 2.75) is 32.6 Å². The number of hydrogen-bond donors (Lipinski definition) is 2. The van der Waals surface area contributed by atoms with Gasteiger partial charge in [0, 0.05) is 6.54 Å². The summed E-state index contributed by atoms with van der Waals surface area (Å²) in [7, 11) is 0. The van der Waals surface area contributed by atoms with Crippen LogP contribution in [0.4, 0.5) is 5.69 Å². The minimum Gasteiger partial charge on any atom is -0.478 e. The summed E-state index contributed by atoms with van der Waals surface area (Å²) in [6.45, 7) is 3.04. The van der Waals surface area contributed by atoms with Gasteiger partial charge in [0.1, 0.15) is 0 Å². The van der Waals surface area contributed by atoms with Crippen LogP contribution < -0.4 is 5.32 Å². The Morgan fingerprint density at radius 3 is 2.71 bits per heavy atom. The van der Waals surface area contributed by atoms with E-state index in [1.165, 1.54) is 25.3 Å². The number of benzene rings is 1. The summed E-state index contributed by atoms with van der Waals surface area (Å²) in [5, 5.41) is 12.5. The molecule has 1 aromatic rings. The number of carboxylic acids is 1. The second-order valence-corrected chi connectivity index (χ2v) is 4.39. The number of aromatic carboxylic acids is 1. The Kier molecular flexibility index (Phi) is 5.84.